The van der Waals surface area contributed by atoms with Crippen molar-refractivity contribution in [2.45, 2.75) is 31.7 Å². The summed E-state index contributed by atoms with van der Waals surface area (Å²) in [5, 5.41) is 3.32. The molecule has 2 fully saturated rings. The monoisotopic (exact) mass is 259 g/mol. The highest BCUT2D eigenvalue weighted by Gasteiger charge is 2.34. The molecule has 0 spiro atoms. The highest BCUT2D eigenvalue weighted by Crippen LogP contribution is 2.33. The lowest BCUT2D eigenvalue weighted by molar-refractivity contribution is -0.137. The van der Waals surface area contributed by atoms with Gasteiger partial charge in [-0.3, -0.25) is 9.78 Å². The molecule has 0 bridgehead atoms. The van der Waals surface area contributed by atoms with Crippen molar-refractivity contribution in [3.8, 4) is 0 Å². The number of hydrogen-bond acceptors (Lipinski definition) is 3. The fourth-order valence-corrected chi connectivity index (χ4v) is 3.27. The molecule has 4 nitrogen and oxygen atoms in total. The van der Waals surface area contributed by atoms with E-state index in [-0.39, 0.29) is 12.0 Å². The molecule has 1 aromatic rings. The van der Waals surface area contributed by atoms with Gasteiger partial charge in [0.25, 0.3) is 0 Å². The summed E-state index contributed by atoms with van der Waals surface area (Å²) in [6.45, 7) is 2.87. The Labute approximate surface area is 114 Å². The number of piperidine rings is 1. The van der Waals surface area contributed by atoms with Gasteiger partial charge in [-0.2, -0.15) is 0 Å². The minimum absolute atomic E-state index is 0.226. The highest BCUT2D eigenvalue weighted by atomic mass is 16.2. The van der Waals surface area contributed by atoms with Crippen LogP contribution >= 0.6 is 0 Å². The average Bonchev–Trinajstić information content (AvgIpc) is 2.98. The van der Waals surface area contributed by atoms with Crippen molar-refractivity contribution in [2.75, 3.05) is 19.6 Å². The summed E-state index contributed by atoms with van der Waals surface area (Å²) in [7, 11) is 0. The molecule has 1 aromatic heterocycles. The van der Waals surface area contributed by atoms with Crippen molar-refractivity contribution in [2.24, 2.45) is 5.92 Å². The van der Waals surface area contributed by atoms with Gasteiger partial charge in [-0.15, -0.1) is 0 Å². The summed E-state index contributed by atoms with van der Waals surface area (Å²) in [5.41, 5.74) is 1.23. The number of nitrogens with one attached hydrogen (secondary N) is 1. The van der Waals surface area contributed by atoms with E-state index in [2.05, 4.69) is 15.2 Å². The minimum Gasteiger partial charge on any atom is -0.335 e. The van der Waals surface area contributed by atoms with Gasteiger partial charge in [0, 0.05) is 24.9 Å². The molecule has 1 atom stereocenters. The van der Waals surface area contributed by atoms with E-state index in [4.69, 9.17) is 0 Å². The highest BCUT2D eigenvalue weighted by molar-refractivity contribution is 5.79. The molecule has 1 amide bonds. The van der Waals surface area contributed by atoms with Crippen LogP contribution in [0.4, 0.5) is 0 Å². The topological polar surface area (TPSA) is 45.2 Å². The number of rotatable bonds is 2. The SMILES string of the molecule is O=C(C1CCNCC1)N1CCCC1c1ccncc1. The standard InChI is InChI=1S/C15H21N3O/c19-15(13-5-9-17-10-6-13)18-11-1-2-14(18)12-3-7-16-8-4-12/h3-4,7-8,13-14,17H,1-2,5-6,9-11H2. The molecular weight excluding hydrogens is 238 g/mol. The molecule has 2 saturated heterocycles. The van der Waals surface area contributed by atoms with Crippen LogP contribution in [0, 0.1) is 5.92 Å². The van der Waals surface area contributed by atoms with Crippen molar-refractivity contribution in [3.05, 3.63) is 30.1 Å². The van der Waals surface area contributed by atoms with Crippen LogP contribution in [0.2, 0.25) is 0 Å². The Balaban J connectivity index is 1.74. The van der Waals surface area contributed by atoms with Crippen LogP contribution in [0.3, 0.4) is 0 Å². The molecule has 0 saturated carbocycles. The molecule has 1 unspecified atom stereocenters. The second-order valence-electron chi connectivity index (χ2n) is 5.49. The van der Waals surface area contributed by atoms with E-state index < -0.39 is 0 Å². The van der Waals surface area contributed by atoms with E-state index in [9.17, 15) is 4.79 Å². The molecule has 1 N–H and O–H groups in total. The number of aromatic nitrogens is 1. The molecule has 4 heteroatoms. The first-order valence-electron chi connectivity index (χ1n) is 7.27. The van der Waals surface area contributed by atoms with Crippen molar-refractivity contribution < 1.29 is 4.79 Å². The maximum absolute atomic E-state index is 12.7. The van der Waals surface area contributed by atoms with Gasteiger partial charge in [0.1, 0.15) is 0 Å². The van der Waals surface area contributed by atoms with E-state index in [0.717, 1.165) is 45.3 Å². The second kappa shape index (κ2) is 5.70. The van der Waals surface area contributed by atoms with Crippen LogP contribution in [0.25, 0.3) is 0 Å². The molecule has 2 aliphatic rings. The zero-order chi connectivity index (χ0) is 13.1. The molecule has 19 heavy (non-hydrogen) atoms. The van der Waals surface area contributed by atoms with E-state index in [1.807, 2.05) is 24.5 Å². The Morgan fingerprint density at radius 3 is 2.68 bits per heavy atom. The molecule has 0 radical (unpaired) electrons. The van der Waals surface area contributed by atoms with Gasteiger partial charge < -0.3 is 10.2 Å². The van der Waals surface area contributed by atoms with E-state index in [0.29, 0.717) is 5.91 Å². The van der Waals surface area contributed by atoms with E-state index >= 15 is 0 Å². The molecule has 102 valence electrons. The van der Waals surface area contributed by atoms with Gasteiger partial charge in [0.15, 0.2) is 0 Å². The Morgan fingerprint density at radius 1 is 1.21 bits per heavy atom. The number of carbonyl (C=O) groups excluding carboxylic acids is 1. The summed E-state index contributed by atoms with van der Waals surface area (Å²) in [6.07, 6.45) is 7.81. The van der Waals surface area contributed by atoms with Crippen LogP contribution in [0.15, 0.2) is 24.5 Å². The van der Waals surface area contributed by atoms with E-state index in [1.165, 1.54) is 5.56 Å². The zero-order valence-electron chi connectivity index (χ0n) is 11.2. The third kappa shape index (κ3) is 2.63. The Bertz CT molecular complexity index is 428. The lowest BCUT2D eigenvalue weighted by Crippen LogP contribution is -2.40. The normalized spacial score (nSPS) is 24.6. The third-order valence-electron chi connectivity index (χ3n) is 4.32. The van der Waals surface area contributed by atoms with Crippen LogP contribution in [-0.4, -0.2) is 35.4 Å². The van der Waals surface area contributed by atoms with E-state index in [1.54, 1.807) is 0 Å². The Hall–Kier alpha value is -1.42. The van der Waals surface area contributed by atoms with Gasteiger partial charge >= 0.3 is 0 Å². The van der Waals surface area contributed by atoms with Gasteiger partial charge in [0.05, 0.1) is 6.04 Å². The van der Waals surface area contributed by atoms with Crippen LogP contribution in [-0.2, 0) is 4.79 Å². The molecular formula is C15H21N3O. The first-order valence-corrected chi connectivity index (χ1v) is 7.27. The number of nitrogens with zero attached hydrogens (tertiary/aromatic N) is 2. The average molecular weight is 259 g/mol. The fourth-order valence-electron chi connectivity index (χ4n) is 3.27. The van der Waals surface area contributed by atoms with Gasteiger partial charge in [0.2, 0.25) is 5.91 Å². The predicted molar refractivity (Wildman–Crippen MR) is 73.5 cm³/mol. The molecule has 2 aliphatic heterocycles. The Morgan fingerprint density at radius 2 is 1.95 bits per heavy atom. The van der Waals surface area contributed by atoms with Crippen molar-refractivity contribution in [3.63, 3.8) is 0 Å². The number of hydrogen-bond donors (Lipinski definition) is 1. The minimum atomic E-state index is 0.226. The maximum atomic E-state index is 12.7. The summed E-state index contributed by atoms with van der Waals surface area (Å²) in [4.78, 5) is 18.8. The van der Waals surface area contributed by atoms with Gasteiger partial charge in [-0.1, -0.05) is 0 Å². The fraction of sp³-hybridized carbons (Fsp3) is 0.600. The number of pyridine rings is 1. The van der Waals surface area contributed by atoms with Crippen LogP contribution < -0.4 is 5.32 Å². The summed E-state index contributed by atoms with van der Waals surface area (Å²) < 4.78 is 0. The summed E-state index contributed by atoms with van der Waals surface area (Å²) in [6, 6.07) is 4.35. The number of likely N-dealkylation sites (tertiary alicyclic amines) is 1. The number of carbonyl (C=O) groups is 1. The molecule has 0 aliphatic carbocycles. The Kier molecular flexibility index (Phi) is 3.78. The predicted octanol–water partition coefficient (Wildman–Crippen LogP) is 1.74. The van der Waals surface area contributed by atoms with Crippen LogP contribution in [0.5, 0.6) is 0 Å². The van der Waals surface area contributed by atoms with Crippen LogP contribution in [0.1, 0.15) is 37.3 Å². The van der Waals surface area contributed by atoms with Crippen molar-refractivity contribution in [1.82, 2.24) is 15.2 Å². The number of amides is 1. The third-order valence-corrected chi connectivity index (χ3v) is 4.32. The summed E-state index contributed by atoms with van der Waals surface area (Å²) >= 11 is 0. The molecule has 3 heterocycles. The lowest BCUT2D eigenvalue weighted by Gasteiger charge is -2.31. The summed E-state index contributed by atoms with van der Waals surface area (Å²) in [5.74, 6) is 0.587. The van der Waals surface area contributed by atoms with Crippen molar-refractivity contribution in [1.29, 1.82) is 0 Å². The smallest absolute Gasteiger partial charge is 0.226 e. The quantitative estimate of drug-likeness (QED) is 0.880. The molecule has 0 aromatic carbocycles. The first kappa shape index (κ1) is 12.6. The van der Waals surface area contributed by atoms with Crippen molar-refractivity contribution >= 4 is 5.91 Å². The zero-order valence-corrected chi connectivity index (χ0v) is 11.2. The molecule has 3 rings (SSSR count). The first-order chi connectivity index (χ1) is 9.36. The largest absolute Gasteiger partial charge is 0.335 e. The van der Waals surface area contributed by atoms with Gasteiger partial charge in [-0.05, 0) is 56.5 Å². The maximum Gasteiger partial charge on any atom is 0.226 e. The second-order valence-corrected chi connectivity index (χ2v) is 5.49. The van der Waals surface area contributed by atoms with Gasteiger partial charge in [-0.25, -0.2) is 0 Å². The lowest BCUT2D eigenvalue weighted by atomic mass is 9.95.